The van der Waals surface area contributed by atoms with E-state index in [4.69, 9.17) is 9.47 Å². The summed E-state index contributed by atoms with van der Waals surface area (Å²) in [4.78, 5) is 0. The van der Waals surface area contributed by atoms with Gasteiger partial charge in [-0.15, -0.1) is 0 Å². The van der Waals surface area contributed by atoms with Crippen LogP contribution in [0.1, 0.15) is 18.9 Å². The third kappa shape index (κ3) is 4.56. The summed E-state index contributed by atoms with van der Waals surface area (Å²) in [5.41, 5.74) is 2.64. The monoisotopic (exact) mass is 290 g/mol. The van der Waals surface area contributed by atoms with Gasteiger partial charge in [-0.25, -0.2) is 0 Å². The molecule has 0 aliphatic heterocycles. The normalized spacial score (nSPS) is 11.3. The van der Waals surface area contributed by atoms with Crippen molar-refractivity contribution in [3.05, 3.63) is 36.0 Å². The second-order valence-electron chi connectivity index (χ2n) is 5.10. The van der Waals surface area contributed by atoms with Crippen LogP contribution >= 0.6 is 0 Å². The van der Waals surface area contributed by atoms with Crippen molar-refractivity contribution in [2.75, 3.05) is 33.5 Å². The first-order valence-corrected chi connectivity index (χ1v) is 7.71. The van der Waals surface area contributed by atoms with Crippen molar-refractivity contribution < 1.29 is 9.47 Å². The lowest BCUT2D eigenvalue weighted by Crippen LogP contribution is -2.12. The fourth-order valence-electron chi connectivity index (χ4n) is 2.47. The maximum absolute atomic E-state index is 5.64. The highest BCUT2D eigenvalue weighted by molar-refractivity contribution is 5.83. The molecule has 0 saturated carbocycles. The van der Waals surface area contributed by atoms with Gasteiger partial charge in [0, 0.05) is 50.5 Å². The van der Waals surface area contributed by atoms with Crippen LogP contribution in [0.3, 0.4) is 0 Å². The summed E-state index contributed by atoms with van der Waals surface area (Å²) in [6.45, 7) is 7.20. The molecule has 0 atom stereocenters. The summed E-state index contributed by atoms with van der Waals surface area (Å²) >= 11 is 0. The molecule has 2 rings (SSSR count). The average Bonchev–Trinajstić information content (AvgIpc) is 2.92. The van der Waals surface area contributed by atoms with E-state index in [1.54, 1.807) is 7.11 Å². The Kier molecular flexibility index (Phi) is 6.73. The van der Waals surface area contributed by atoms with Crippen LogP contribution in [-0.4, -0.2) is 38.0 Å². The molecule has 0 saturated heterocycles. The quantitative estimate of drug-likeness (QED) is 0.683. The summed E-state index contributed by atoms with van der Waals surface area (Å²) in [5.74, 6) is 0. The maximum Gasteiger partial charge on any atom is 0.0645 e. The molecule has 0 radical (unpaired) electrons. The van der Waals surface area contributed by atoms with Crippen molar-refractivity contribution in [2.45, 2.75) is 26.4 Å². The molecular formula is C17H26N2O2. The number of rotatable bonds is 10. The highest BCUT2D eigenvalue weighted by Crippen LogP contribution is 2.20. The SMILES string of the molecule is CCNCc1cccc2c1ccn2CCOCCCOC. The zero-order valence-corrected chi connectivity index (χ0v) is 13.1. The second-order valence-corrected chi connectivity index (χ2v) is 5.10. The Morgan fingerprint density at radius 3 is 2.86 bits per heavy atom. The molecule has 0 spiro atoms. The van der Waals surface area contributed by atoms with Crippen LogP contribution in [0.5, 0.6) is 0 Å². The van der Waals surface area contributed by atoms with Gasteiger partial charge in [0.05, 0.1) is 6.61 Å². The third-order valence-corrected chi connectivity index (χ3v) is 3.58. The van der Waals surface area contributed by atoms with Crippen LogP contribution in [0, 0.1) is 0 Å². The molecule has 0 aliphatic carbocycles. The minimum Gasteiger partial charge on any atom is -0.385 e. The van der Waals surface area contributed by atoms with Gasteiger partial charge < -0.3 is 19.4 Å². The second kappa shape index (κ2) is 8.82. The van der Waals surface area contributed by atoms with E-state index in [0.29, 0.717) is 0 Å². The summed E-state index contributed by atoms with van der Waals surface area (Å²) in [6.07, 6.45) is 3.11. The van der Waals surface area contributed by atoms with Crippen LogP contribution in [0.4, 0.5) is 0 Å². The summed E-state index contributed by atoms with van der Waals surface area (Å²) in [5, 5.41) is 4.72. The van der Waals surface area contributed by atoms with E-state index in [9.17, 15) is 0 Å². The predicted molar refractivity (Wildman–Crippen MR) is 86.6 cm³/mol. The Labute approximate surface area is 127 Å². The fourth-order valence-corrected chi connectivity index (χ4v) is 2.47. The highest BCUT2D eigenvalue weighted by Gasteiger charge is 2.05. The molecule has 2 aromatic rings. The lowest BCUT2D eigenvalue weighted by Gasteiger charge is -2.08. The van der Waals surface area contributed by atoms with E-state index in [1.807, 2.05) is 0 Å². The van der Waals surface area contributed by atoms with Gasteiger partial charge >= 0.3 is 0 Å². The zero-order chi connectivity index (χ0) is 14.9. The first-order chi connectivity index (χ1) is 10.4. The van der Waals surface area contributed by atoms with Gasteiger partial charge in [-0.1, -0.05) is 19.1 Å². The van der Waals surface area contributed by atoms with E-state index in [1.165, 1.54) is 16.5 Å². The number of nitrogens with one attached hydrogen (secondary N) is 1. The van der Waals surface area contributed by atoms with Gasteiger partial charge in [0.2, 0.25) is 0 Å². The maximum atomic E-state index is 5.64. The van der Waals surface area contributed by atoms with Crippen molar-refractivity contribution in [3.8, 4) is 0 Å². The third-order valence-electron chi connectivity index (χ3n) is 3.58. The molecule has 0 amide bonds. The number of nitrogens with zero attached hydrogens (tertiary/aromatic N) is 1. The Hall–Kier alpha value is -1.36. The highest BCUT2D eigenvalue weighted by atomic mass is 16.5. The Bertz CT molecular complexity index is 537. The topological polar surface area (TPSA) is 35.4 Å². The smallest absolute Gasteiger partial charge is 0.0645 e. The van der Waals surface area contributed by atoms with E-state index >= 15 is 0 Å². The van der Waals surface area contributed by atoms with Gasteiger partial charge in [0.25, 0.3) is 0 Å². The van der Waals surface area contributed by atoms with Gasteiger partial charge in [-0.2, -0.15) is 0 Å². The van der Waals surface area contributed by atoms with Crippen molar-refractivity contribution in [2.24, 2.45) is 0 Å². The zero-order valence-electron chi connectivity index (χ0n) is 13.1. The standard InChI is InChI=1S/C17H26N2O2/c1-3-18-14-15-6-4-7-17-16(15)8-9-19(17)10-13-21-12-5-11-20-2/h4,6-9,18H,3,5,10-14H2,1-2H3. The number of methoxy groups -OCH3 is 1. The Balaban J connectivity index is 1.92. The van der Waals surface area contributed by atoms with Crippen LogP contribution in [0.2, 0.25) is 0 Å². The van der Waals surface area contributed by atoms with Gasteiger partial charge in [-0.05, 0) is 30.7 Å². The van der Waals surface area contributed by atoms with E-state index < -0.39 is 0 Å². The molecule has 1 N–H and O–H groups in total. The first kappa shape index (κ1) is 16.0. The van der Waals surface area contributed by atoms with Gasteiger partial charge in [0.15, 0.2) is 0 Å². The molecule has 0 unspecified atom stereocenters. The van der Waals surface area contributed by atoms with Gasteiger partial charge in [0.1, 0.15) is 0 Å². The number of aromatic nitrogens is 1. The molecule has 4 heteroatoms. The molecule has 0 bridgehead atoms. The van der Waals surface area contributed by atoms with Gasteiger partial charge in [-0.3, -0.25) is 0 Å². The Morgan fingerprint density at radius 2 is 2.05 bits per heavy atom. The largest absolute Gasteiger partial charge is 0.385 e. The minimum absolute atomic E-state index is 0.741. The van der Waals surface area contributed by atoms with Crippen molar-refractivity contribution in [3.63, 3.8) is 0 Å². The molecule has 116 valence electrons. The number of hydrogen-bond donors (Lipinski definition) is 1. The Morgan fingerprint density at radius 1 is 1.14 bits per heavy atom. The summed E-state index contributed by atoms with van der Waals surface area (Å²) in [6, 6.07) is 8.70. The van der Waals surface area contributed by atoms with Crippen molar-refractivity contribution in [1.29, 1.82) is 0 Å². The minimum atomic E-state index is 0.741. The van der Waals surface area contributed by atoms with Crippen LogP contribution in [0.15, 0.2) is 30.5 Å². The number of ether oxygens (including phenoxy) is 2. The van der Waals surface area contributed by atoms with Crippen molar-refractivity contribution in [1.82, 2.24) is 9.88 Å². The molecule has 1 aromatic heterocycles. The fraction of sp³-hybridized carbons (Fsp3) is 0.529. The average molecular weight is 290 g/mol. The van der Waals surface area contributed by atoms with Crippen LogP contribution in [0.25, 0.3) is 10.9 Å². The molecule has 21 heavy (non-hydrogen) atoms. The number of fused-ring (bicyclic) bond motifs is 1. The number of hydrogen-bond acceptors (Lipinski definition) is 3. The molecule has 1 heterocycles. The molecule has 0 aliphatic rings. The molecular weight excluding hydrogens is 264 g/mol. The first-order valence-electron chi connectivity index (χ1n) is 7.71. The summed E-state index contributed by atoms with van der Waals surface area (Å²) in [7, 11) is 1.72. The summed E-state index contributed by atoms with van der Waals surface area (Å²) < 4.78 is 12.9. The van der Waals surface area contributed by atoms with E-state index in [0.717, 1.165) is 45.9 Å². The predicted octanol–water partition coefficient (Wildman–Crippen LogP) is 2.80. The van der Waals surface area contributed by atoms with E-state index in [2.05, 4.69) is 47.3 Å². The van der Waals surface area contributed by atoms with E-state index in [-0.39, 0.29) is 0 Å². The van der Waals surface area contributed by atoms with Crippen molar-refractivity contribution >= 4 is 10.9 Å². The molecule has 1 aromatic carbocycles. The molecule has 0 fully saturated rings. The lowest BCUT2D eigenvalue weighted by molar-refractivity contribution is 0.0982. The number of benzene rings is 1. The van der Waals surface area contributed by atoms with Crippen LogP contribution < -0.4 is 5.32 Å². The van der Waals surface area contributed by atoms with Crippen LogP contribution in [-0.2, 0) is 22.6 Å². The molecule has 4 nitrogen and oxygen atoms in total. The lowest BCUT2D eigenvalue weighted by atomic mass is 10.1.